The molecule has 1 aromatic rings. The molecule has 21 heavy (non-hydrogen) atoms. The van der Waals surface area contributed by atoms with E-state index in [-0.39, 0.29) is 10.6 Å². The monoisotopic (exact) mass is 315 g/mol. The summed E-state index contributed by atoms with van der Waals surface area (Å²) in [5.74, 6) is -0.454. The number of rotatable bonds is 4. The molecule has 1 aliphatic heterocycles. The van der Waals surface area contributed by atoms with Gasteiger partial charge >= 0.3 is 0 Å². The first-order valence-electron chi connectivity index (χ1n) is 7.00. The van der Waals surface area contributed by atoms with Crippen LogP contribution in [0, 0.1) is 11.7 Å². The Bertz CT molecular complexity index is 598. The van der Waals surface area contributed by atoms with Gasteiger partial charge in [-0.05, 0) is 57.1 Å². The molecule has 0 atom stereocenters. The normalized spacial score (nSPS) is 18.3. The number of anilines is 1. The summed E-state index contributed by atoms with van der Waals surface area (Å²) in [5, 5.41) is 0. The highest BCUT2D eigenvalue weighted by atomic mass is 32.2. The van der Waals surface area contributed by atoms with E-state index < -0.39 is 15.8 Å². The van der Waals surface area contributed by atoms with Gasteiger partial charge in [0.15, 0.2) is 0 Å². The fraction of sp³-hybridized carbons (Fsp3) is 0.571. The van der Waals surface area contributed by atoms with Gasteiger partial charge in [-0.3, -0.25) is 0 Å². The summed E-state index contributed by atoms with van der Waals surface area (Å²) in [6, 6.07) is 3.62. The number of nitrogens with zero attached hydrogens (tertiary/aromatic N) is 2. The van der Waals surface area contributed by atoms with E-state index in [2.05, 4.69) is 11.9 Å². The van der Waals surface area contributed by atoms with E-state index in [1.165, 1.54) is 23.5 Å². The number of nitrogens with two attached hydrogens (primary N) is 1. The van der Waals surface area contributed by atoms with Gasteiger partial charge in [0.2, 0.25) is 10.0 Å². The summed E-state index contributed by atoms with van der Waals surface area (Å²) in [7, 11) is -0.290. The maximum atomic E-state index is 13.8. The Labute approximate surface area is 125 Å². The van der Waals surface area contributed by atoms with Crippen molar-refractivity contribution in [3.63, 3.8) is 0 Å². The molecule has 1 heterocycles. The van der Waals surface area contributed by atoms with Gasteiger partial charge < -0.3 is 10.6 Å². The van der Waals surface area contributed by atoms with Crippen molar-refractivity contribution < 1.29 is 12.8 Å². The number of likely N-dealkylation sites (tertiary alicyclic amines) is 1. The van der Waals surface area contributed by atoms with Crippen LogP contribution < -0.4 is 5.73 Å². The molecule has 5 nitrogen and oxygen atoms in total. The maximum absolute atomic E-state index is 13.8. The van der Waals surface area contributed by atoms with Gasteiger partial charge in [-0.2, -0.15) is 0 Å². The van der Waals surface area contributed by atoms with E-state index in [0.29, 0.717) is 12.5 Å². The molecule has 1 saturated heterocycles. The molecule has 1 aromatic carbocycles. The zero-order valence-corrected chi connectivity index (χ0v) is 13.2. The molecule has 118 valence electrons. The minimum Gasteiger partial charge on any atom is -0.399 e. The quantitative estimate of drug-likeness (QED) is 0.852. The van der Waals surface area contributed by atoms with Crippen molar-refractivity contribution in [2.45, 2.75) is 17.7 Å². The zero-order chi connectivity index (χ0) is 15.6. The van der Waals surface area contributed by atoms with Crippen molar-refractivity contribution in [2.75, 3.05) is 39.5 Å². The maximum Gasteiger partial charge on any atom is 0.245 e. The number of benzene rings is 1. The average molecular weight is 315 g/mol. The van der Waals surface area contributed by atoms with Crippen molar-refractivity contribution in [1.29, 1.82) is 0 Å². The van der Waals surface area contributed by atoms with Crippen molar-refractivity contribution in [2.24, 2.45) is 5.92 Å². The van der Waals surface area contributed by atoms with Gasteiger partial charge in [0.05, 0.1) is 0 Å². The molecule has 0 bridgehead atoms. The van der Waals surface area contributed by atoms with E-state index >= 15 is 0 Å². The highest BCUT2D eigenvalue weighted by Crippen LogP contribution is 2.24. The fourth-order valence-corrected chi connectivity index (χ4v) is 3.93. The third-order valence-electron chi connectivity index (χ3n) is 4.00. The predicted octanol–water partition coefficient (Wildman–Crippen LogP) is 1.37. The minimum atomic E-state index is -3.84. The molecular weight excluding hydrogens is 293 g/mol. The Balaban J connectivity index is 2.13. The lowest BCUT2D eigenvalue weighted by Gasteiger charge is -2.31. The number of piperidine rings is 1. The van der Waals surface area contributed by atoms with Crippen LogP contribution in [-0.2, 0) is 10.0 Å². The van der Waals surface area contributed by atoms with Crippen LogP contribution in [0.3, 0.4) is 0 Å². The average Bonchev–Trinajstić information content (AvgIpc) is 2.43. The number of sulfonamides is 1. The molecule has 0 radical (unpaired) electrons. The molecule has 0 amide bonds. The third-order valence-corrected chi connectivity index (χ3v) is 5.84. The molecule has 2 N–H and O–H groups in total. The molecule has 1 aliphatic rings. The number of nitrogen functional groups attached to an aromatic ring is 1. The first kappa shape index (κ1) is 16.2. The summed E-state index contributed by atoms with van der Waals surface area (Å²) < 4.78 is 40.0. The molecule has 0 aliphatic carbocycles. The Hall–Kier alpha value is -1.18. The lowest BCUT2D eigenvalue weighted by molar-refractivity contribution is 0.202. The lowest BCUT2D eigenvalue weighted by atomic mass is 9.97. The first-order chi connectivity index (χ1) is 9.80. The van der Waals surface area contributed by atoms with Crippen LogP contribution in [0.15, 0.2) is 23.1 Å². The Kier molecular flexibility index (Phi) is 4.85. The largest absolute Gasteiger partial charge is 0.399 e. The minimum absolute atomic E-state index is 0.239. The SMILES string of the molecule is CN1CCC(CN(C)S(=O)(=O)c2cc(N)ccc2F)CC1. The second-order valence-electron chi connectivity index (χ2n) is 5.72. The lowest BCUT2D eigenvalue weighted by Crippen LogP contribution is -2.38. The van der Waals surface area contributed by atoms with Crippen LogP contribution >= 0.6 is 0 Å². The first-order valence-corrected chi connectivity index (χ1v) is 8.44. The van der Waals surface area contributed by atoms with Crippen molar-refractivity contribution in [3.05, 3.63) is 24.0 Å². The van der Waals surface area contributed by atoms with Crippen molar-refractivity contribution in [1.82, 2.24) is 9.21 Å². The van der Waals surface area contributed by atoms with Crippen LogP contribution in [0.2, 0.25) is 0 Å². The molecule has 7 heteroatoms. The van der Waals surface area contributed by atoms with Crippen molar-refractivity contribution in [3.8, 4) is 0 Å². The molecule has 0 saturated carbocycles. The van der Waals surface area contributed by atoms with Gasteiger partial charge in [-0.1, -0.05) is 0 Å². The summed E-state index contributed by atoms with van der Waals surface area (Å²) in [4.78, 5) is 1.88. The van der Waals surface area contributed by atoms with Crippen LogP contribution in [0.5, 0.6) is 0 Å². The van der Waals surface area contributed by atoms with Crippen LogP contribution in [0.1, 0.15) is 12.8 Å². The Morgan fingerprint density at radius 2 is 2.00 bits per heavy atom. The molecule has 0 unspecified atom stereocenters. The van der Waals surface area contributed by atoms with Gasteiger partial charge in [0.1, 0.15) is 10.7 Å². The highest BCUT2D eigenvalue weighted by Gasteiger charge is 2.28. The van der Waals surface area contributed by atoms with Crippen LogP contribution in [0.25, 0.3) is 0 Å². The molecule has 2 rings (SSSR count). The van der Waals surface area contributed by atoms with Gasteiger partial charge in [-0.25, -0.2) is 17.1 Å². The van der Waals surface area contributed by atoms with E-state index in [9.17, 15) is 12.8 Å². The van der Waals surface area contributed by atoms with Crippen molar-refractivity contribution >= 4 is 15.7 Å². The number of hydrogen-bond acceptors (Lipinski definition) is 4. The Morgan fingerprint density at radius 1 is 1.38 bits per heavy atom. The predicted molar refractivity (Wildman–Crippen MR) is 80.8 cm³/mol. The standard InChI is InChI=1S/C14H22FN3O2S/c1-17-7-5-11(6-8-17)10-18(2)21(19,20)14-9-12(16)3-4-13(14)15/h3-4,9,11H,5-8,10,16H2,1-2H3. The van der Waals surface area contributed by atoms with E-state index in [0.717, 1.165) is 32.0 Å². The number of halogens is 1. The molecule has 0 aromatic heterocycles. The van der Waals surface area contributed by atoms with E-state index in [1.54, 1.807) is 0 Å². The summed E-state index contributed by atoms with van der Waals surface area (Å²) in [5.41, 5.74) is 5.81. The Morgan fingerprint density at radius 3 is 2.62 bits per heavy atom. The second kappa shape index (κ2) is 6.29. The van der Waals surface area contributed by atoms with E-state index in [1.807, 2.05) is 0 Å². The summed E-state index contributed by atoms with van der Waals surface area (Å²) in [6.07, 6.45) is 1.91. The third kappa shape index (κ3) is 3.72. The summed E-state index contributed by atoms with van der Waals surface area (Å²) >= 11 is 0. The van der Waals surface area contributed by atoms with Gasteiger partial charge in [0.25, 0.3) is 0 Å². The van der Waals surface area contributed by atoms with Crippen LogP contribution in [-0.4, -0.2) is 51.4 Å². The molecule has 0 spiro atoms. The zero-order valence-electron chi connectivity index (χ0n) is 12.4. The molecule has 1 fully saturated rings. The second-order valence-corrected chi connectivity index (χ2v) is 7.74. The fourth-order valence-electron chi connectivity index (χ4n) is 2.59. The van der Waals surface area contributed by atoms with E-state index in [4.69, 9.17) is 5.73 Å². The molecular formula is C14H22FN3O2S. The van der Waals surface area contributed by atoms with Crippen LogP contribution in [0.4, 0.5) is 10.1 Å². The summed E-state index contributed by atoms with van der Waals surface area (Å²) in [6.45, 7) is 2.33. The van der Waals surface area contributed by atoms with Gasteiger partial charge in [0, 0.05) is 19.3 Å². The van der Waals surface area contributed by atoms with Gasteiger partial charge in [-0.15, -0.1) is 0 Å². The topological polar surface area (TPSA) is 66.6 Å². The highest BCUT2D eigenvalue weighted by molar-refractivity contribution is 7.89. The smallest absolute Gasteiger partial charge is 0.245 e. The number of hydrogen-bond donors (Lipinski definition) is 1.